The van der Waals surface area contributed by atoms with Crippen molar-refractivity contribution in [3.8, 4) is 10.6 Å². The summed E-state index contributed by atoms with van der Waals surface area (Å²) in [5.41, 5.74) is 4.40. The molecule has 166 valence electrons. The highest BCUT2D eigenvalue weighted by atomic mass is 32.1. The highest BCUT2D eigenvalue weighted by molar-refractivity contribution is 7.13. The van der Waals surface area contributed by atoms with Gasteiger partial charge in [-0.25, -0.2) is 9.78 Å². The lowest BCUT2D eigenvalue weighted by Crippen LogP contribution is -2.35. The number of nitrogens with zero attached hydrogens (tertiary/aromatic N) is 2. The molecule has 0 spiro atoms. The van der Waals surface area contributed by atoms with Crippen LogP contribution in [-0.2, 0) is 22.5 Å². The summed E-state index contributed by atoms with van der Waals surface area (Å²) in [6, 6.07) is 13.0. The van der Waals surface area contributed by atoms with Crippen molar-refractivity contribution in [3.63, 3.8) is 0 Å². The van der Waals surface area contributed by atoms with E-state index in [-0.39, 0.29) is 17.9 Å². The minimum atomic E-state index is -1.03. The summed E-state index contributed by atoms with van der Waals surface area (Å²) < 4.78 is 5.42. The van der Waals surface area contributed by atoms with Gasteiger partial charge in [0.05, 0.1) is 30.9 Å². The van der Waals surface area contributed by atoms with E-state index < -0.39 is 5.97 Å². The molecule has 3 aromatic rings. The van der Waals surface area contributed by atoms with Crippen LogP contribution in [0.1, 0.15) is 27.2 Å². The molecule has 4 rings (SSSR count). The molecule has 1 amide bonds. The summed E-state index contributed by atoms with van der Waals surface area (Å²) in [7, 11) is 0. The third kappa shape index (κ3) is 5.59. The molecule has 1 aliphatic rings. The van der Waals surface area contributed by atoms with Crippen LogP contribution in [0.2, 0.25) is 0 Å². The molecule has 2 heterocycles. The molecule has 8 heteroatoms. The first-order valence-corrected chi connectivity index (χ1v) is 11.3. The monoisotopic (exact) mass is 451 g/mol. The van der Waals surface area contributed by atoms with Gasteiger partial charge >= 0.3 is 5.97 Å². The first-order chi connectivity index (χ1) is 15.5. The Kier molecular flexibility index (Phi) is 6.94. The van der Waals surface area contributed by atoms with Crippen LogP contribution in [-0.4, -0.2) is 53.2 Å². The van der Waals surface area contributed by atoms with Gasteiger partial charge in [-0.15, -0.1) is 11.3 Å². The number of aryl methyl sites for hydroxylation is 1. The number of aromatic nitrogens is 1. The number of rotatable bonds is 7. The standard InChI is InChI=1S/C24H25N3O4S/c1-16-5-6-19(24(29)30)12-21(16)26-22(28)13-20-15-32-23(25-20)18-4-2-3-17(11-18)14-27-7-9-31-10-8-27/h2-6,11-12,15H,7-10,13-14H2,1H3,(H,26,28)(H,29,30). The molecule has 0 saturated carbocycles. The molecular weight excluding hydrogens is 426 g/mol. The van der Waals surface area contributed by atoms with Gasteiger partial charge < -0.3 is 15.2 Å². The van der Waals surface area contributed by atoms with Gasteiger partial charge in [0.15, 0.2) is 0 Å². The van der Waals surface area contributed by atoms with E-state index in [1.54, 1.807) is 6.07 Å². The fourth-order valence-electron chi connectivity index (χ4n) is 3.59. The number of amides is 1. The fourth-order valence-corrected chi connectivity index (χ4v) is 4.41. The Balaban J connectivity index is 1.41. The fraction of sp³-hybridized carbons (Fsp3) is 0.292. The lowest BCUT2D eigenvalue weighted by Gasteiger charge is -2.26. The number of carboxylic acid groups (broad SMARTS) is 1. The SMILES string of the molecule is Cc1ccc(C(=O)O)cc1NC(=O)Cc1csc(-c2cccc(CN3CCOCC3)c2)n1. The number of aromatic carboxylic acids is 1. The summed E-state index contributed by atoms with van der Waals surface area (Å²) in [6.07, 6.45) is 0.126. The second-order valence-corrected chi connectivity index (χ2v) is 8.65. The van der Waals surface area contributed by atoms with E-state index in [2.05, 4.69) is 27.3 Å². The molecule has 2 N–H and O–H groups in total. The van der Waals surface area contributed by atoms with Crippen molar-refractivity contribution >= 4 is 28.9 Å². The lowest BCUT2D eigenvalue weighted by molar-refractivity contribution is -0.115. The third-order valence-corrected chi connectivity index (χ3v) is 6.28. The summed E-state index contributed by atoms with van der Waals surface area (Å²) in [5.74, 6) is -1.26. The number of hydrogen-bond donors (Lipinski definition) is 2. The van der Waals surface area contributed by atoms with Crippen LogP contribution in [0.4, 0.5) is 5.69 Å². The van der Waals surface area contributed by atoms with Crippen molar-refractivity contribution in [2.24, 2.45) is 0 Å². The van der Waals surface area contributed by atoms with Crippen molar-refractivity contribution in [2.75, 3.05) is 31.6 Å². The van der Waals surface area contributed by atoms with Crippen LogP contribution in [0, 0.1) is 6.92 Å². The average molecular weight is 452 g/mol. The predicted octanol–water partition coefficient (Wildman–Crippen LogP) is 3.83. The molecule has 1 aliphatic heterocycles. The van der Waals surface area contributed by atoms with E-state index in [4.69, 9.17) is 9.84 Å². The highest BCUT2D eigenvalue weighted by Crippen LogP contribution is 2.26. The maximum absolute atomic E-state index is 12.5. The molecular formula is C24H25N3O4S. The smallest absolute Gasteiger partial charge is 0.335 e. The number of anilines is 1. The lowest BCUT2D eigenvalue weighted by atomic mass is 10.1. The van der Waals surface area contributed by atoms with Gasteiger partial charge in [-0.05, 0) is 36.2 Å². The quantitative estimate of drug-likeness (QED) is 0.567. The number of thiazole rings is 1. The topological polar surface area (TPSA) is 91.8 Å². The molecule has 1 saturated heterocycles. The summed E-state index contributed by atoms with van der Waals surface area (Å²) >= 11 is 1.51. The highest BCUT2D eigenvalue weighted by Gasteiger charge is 2.14. The minimum Gasteiger partial charge on any atom is -0.478 e. The van der Waals surface area contributed by atoms with E-state index in [0.29, 0.717) is 11.4 Å². The van der Waals surface area contributed by atoms with Gasteiger partial charge in [-0.1, -0.05) is 24.3 Å². The Hall–Kier alpha value is -3.07. The molecule has 0 atom stereocenters. The van der Waals surface area contributed by atoms with Gasteiger partial charge in [0.2, 0.25) is 5.91 Å². The molecule has 0 radical (unpaired) electrons. The molecule has 1 fully saturated rings. The Bertz CT molecular complexity index is 1120. The van der Waals surface area contributed by atoms with Crippen LogP contribution in [0.15, 0.2) is 47.8 Å². The molecule has 0 unspecified atom stereocenters. The van der Waals surface area contributed by atoms with Crippen LogP contribution in [0.3, 0.4) is 0 Å². The van der Waals surface area contributed by atoms with Gasteiger partial charge in [0.1, 0.15) is 5.01 Å². The van der Waals surface area contributed by atoms with Crippen molar-refractivity contribution < 1.29 is 19.4 Å². The van der Waals surface area contributed by atoms with Crippen LogP contribution in [0.5, 0.6) is 0 Å². The Morgan fingerprint density at radius 2 is 2.00 bits per heavy atom. The summed E-state index contributed by atoms with van der Waals surface area (Å²) in [6.45, 7) is 6.14. The second kappa shape index (κ2) is 10.0. The van der Waals surface area contributed by atoms with Gasteiger partial charge in [0.25, 0.3) is 0 Å². The van der Waals surface area contributed by atoms with Gasteiger partial charge in [0, 0.05) is 36.3 Å². The number of ether oxygens (including phenoxy) is 1. The molecule has 0 bridgehead atoms. The van der Waals surface area contributed by atoms with Crippen molar-refractivity contribution in [2.45, 2.75) is 19.9 Å². The number of nitrogens with one attached hydrogen (secondary N) is 1. The molecule has 1 aromatic heterocycles. The Morgan fingerprint density at radius 3 is 2.78 bits per heavy atom. The Labute approximate surface area is 190 Å². The van der Waals surface area contributed by atoms with Crippen LogP contribution < -0.4 is 5.32 Å². The van der Waals surface area contributed by atoms with E-state index in [0.717, 1.165) is 49.0 Å². The number of hydrogen-bond acceptors (Lipinski definition) is 6. The van der Waals surface area contributed by atoms with Crippen molar-refractivity contribution in [3.05, 3.63) is 70.2 Å². The molecule has 7 nitrogen and oxygen atoms in total. The zero-order valence-electron chi connectivity index (χ0n) is 17.8. The maximum Gasteiger partial charge on any atom is 0.335 e. The van der Waals surface area contributed by atoms with Crippen LogP contribution in [0.25, 0.3) is 10.6 Å². The molecule has 32 heavy (non-hydrogen) atoms. The van der Waals surface area contributed by atoms with Crippen molar-refractivity contribution in [1.29, 1.82) is 0 Å². The van der Waals surface area contributed by atoms with Gasteiger partial charge in [-0.2, -0.15) is 0 Å². The van der Waals surface area contributed by atoms with E-state index in [9.17, 15) is 9.59 Å². The molecule has 0 aliphatic carbocycles. The minimum absolute atomic E-state index is 0.126. The number of carboxylic acids is 1. The first kappa shape index (κ1) is 22.1. The van der Waals surface area contributed by atoms with Crippen LogP contribution >= 0.6 is 11.3 Å². The predicted molar refractivity (Wildman–Crippen MR) is 124 cm³/mol. The van der Waals surface area contributed by atoms with E-state index in [1.807, 2.05) is 24.4 Å². The number of benzene rings is 2. The zero-order chi connectivity index (χ0) is 22.5. The first-order valence-electron chi connectivity index (χ1n) is 10.5. The molecule has 2 aromatic carbocycles. The maximum atomic E-state index is 12.5. The number of carbonyl (C=O) groups excluding carboxylic acids is 1. The van der Waals surface area contributed by atoms with Gasteiger partial charge in [-0.3, -0.25) is 9.69 Å². The second-order valence-electron chi connectivity index (χ2n) is 7.79. The normalized spacial score (nSPS) is 14.3. The zero-order valence-corrected chi connectivity index (χ0v) is 18.7. The number of carbonyl (C=O) groups is 2. The Morgan fingerprint density at radius 1 is 1.19 bits per heavy atom. The average Bonchev–Trinajstić information content (AvgIpc) is 3.24. The number of morpholine rings is 1. The summed E-state index contributed by atoms with van der Waals surface area (Å²) in [4.78, 5) is 30.7. The largest absolute Gasteiger partial charge is 0.478 e. The summed E-state index contributed by atoms with van der Waals surface area (Å²) in [5, 5.41) is 14.7. The van der Waals surface area contributed by atoms with Crippen molar-refractivity contribution in [1.82, 2.24) is 9.88 Å². The van der Waals surface area contributed by atoms with E-state index >= 15 is 0 Å². The van der Waals surface area contributed by atoms with E-state index in [1.165, 1.54) is 29.0 Å². The third-order valence-electron chi connectivity index (χ3n) is 5.34.